The summed E-state index contributed by atoms with van der Waals surface area (Å²) in [4.78, 5) is 11.9. The van der Waals surface area contributed by atoms with E-state index in [4.69, 9.17) is 4.74 Å². The van der Waals surface area contributed by atoms with Gasteiger partial charge in [-0.2, -0.15) is 8.42 Å². The monoisotopic (exact) mass is 338 g/mol. The molecular weight excluding hydrogens is 323 g/mol. The quantitative estimate of drug-likeness (QED) is 0.757. The number of carbonyl (C=O) groups excluding carboxylic acids is 1. The van der Waals surface area contributed by atoms with Crippen LogP contribution in [0.2, 0.25) is 0 Å². The van der Waals surface area contributed by atoms with E-state index in [-0.39, 0.29) is 5.56 Å². The summed E-state index contributed by atoms with van der Waals surface area (Å²) in [6.07, 6.45) is -1.03. The third kappa shape index (κ3) is 4.87. The number of rotatable bonds is 6. The highest BCUT2D eigenvalue weighted by atomic mass is 32.2. The van der Waals surface area contributed by atoms with Crippen molar-refractivity contribution in [2.45, 2.75) is 13.0 Å². The highest BCUT2D eigenvalue weighted by molar-refractivity contribution is 7.86. The molecule has 0 radical (unpaired) electrons. The second kappa shape index (κ2) is 7.34. The smallest absolute Gasteiger partial charge is 0.338 e. The fourth-order valence-corrected chi connectivity index (χ4v) is 2.72. The number of halogens is 1. The van der Waals surface area contributed by atoms with Crippen LogP contribution < -0.4 is 0 Å². The van der Waals surface area contributed by atoms with E-state index in [0.29, 0.717) is 0 Å². The van der Waals surface area contributed by atoms with Crippen molar-refractivity contribution in [1.82, 2.24) is 0 Å². The minimum absolute atomic E-state index is 0.273. The molecule has 0 bridgehead atoms. The first-order valence-electron chi connectivity index (χ1n) is 6.80. The van der Waals surface area contributed by atoms with E-state index in [2.05, 4.69) is 4.39 Å². The molecule has 0 spiro atoms. The molecule has 0 aliphatic rings. The van der Waals surface area contributed by atoms with E-state index in [1.165, 1.54) is 6.92 Å². The van der Waals surface area contributed by atoms with E-state index in [1.807, 2.05) is 30.3 Å². The van der Waals surface area contributed by atoms with Gasteiger partial charge in [0, 0.05) is 0 Å². The standard InChI is InChI=1S/C16H15FO5S/c1-12(11-23(19,20)22-17)21-16(18)15-9-7-14(8-10-15)13-5-3-2-4-6-13/h2-10,12H,11H2,1H3. The summed E-state index contributed by atoms with van der Waals surface area (Å²) in [6.45, 7) is 1.34. The number of ether oxygens (including phenoxy) is 1. The lowest BCUT2D eigenvalue weighted by Gasteiger charge is -2.12. The van der Waals surface area contributed by atoms with Crippen LogP contribution in [0.25, 0.3) is 11.1 Å². The average molecular weight is 338 g/mol. The Bertz CT molecular complexity index is 757. The SMILES string of the molecule is CC(CS(=O)(=O)OF)OC(=O)c1ccc(-c2ccccc2)cc1. The molecule has 0 amide bonds. The summed E-state index contributed by atoms with van der Waals surface area (Å²) < 4.78 is 41.4. The molecule has 0 heterocycles. The molecule has 0 saturated heterocycles. The van der Waals surface area contributed by atoms with Gasteiger partial charge in [0.2, 0.25) is 0 Å². The van der Waals surface area contributed by atoms with Crippen LogP contribution in [0.4, 0.5) is 4.53 Å². The van der Waals surface area contributed by atoms with Gasteiger partial charge in [-0.05, 0) is 34.7 Å². The molecule has 2 aromatic rings. The fourth-order valence-electron chi connectivity index (χ4n) is 2.03. The van der Waals surface area contributed by atoms with Crippen molar-refractivity contribution in [3.05, 3.63) is 60.2 Å². The zero-order valence-corrected chi connectivity index (χ0v) is 13.1. The zero-order valence-electron chi connectivity index (χ0n) is 12.3. The van der Waals surface area contributed by atoms with Gasteiger partial charge in [0.15, 0.2) is 0 Å². The Kier molecular flexibility index (Phi) is 5.46. The van der Waals surface area contributed by atoms with Crippen LogP contribution in [-0.4, -0.2) is 26.2 Å². The molecule has 0 N–H and O–H groups in total. The normalized spacial score (nSPS) is 12.6. The van der Waals surface area contributed by atoms with E-state index in [9.17, 15) is 17.7 Å². The summed E-state index contributed by atoms with van der Waals surface area (Å²) in [7, 11) is -4.33. The predicted octanol–water partition coefficient (Wildman–Crippen LogP) is 3.13. The lowest BCUT2D eigenvalue weighted by molar-refractivity contribution is -0.000185. The zero-order chi connectivity index (χ0) is 16.9. The van der Waals surface area contributed by atoms with Crippen LogP contribution in [0.1, 0.15) is 17.3 Å². The van der Waals surface area contributed by atoms with Crippen molar-refractivity contribution in [2.24, 2.45) is 0 Å². The number of hydrogen-bond donors (Lipinski definition) is 0. The Balaban J connectivity index is 2.03. The summed E-state index contributed by atoms with van der Waals surface area (Å²) in [6, 6.07) is 16.3. The Morgan fingerprint density at radius 1 is 1.04 bits per heavy atom. The minimum Gasteiger partial charge on any atom is -0.458 e. The van der Waals surface area contributed by atoms with Crippen LogP contribution in [0.5, 0.6) is 0 Å². The molecule has 0 aromatic heterocycles. The Morgan fingerprint density at radius 2 is 1.61 bits per heavy atom. The largest absolute Gasteiger partial charge is 0.458 e. The van der Waals surface area contributed by atoms with Gasteiger partial charge in [-0.3, -0.25) is 0 Å². The number of hydrogen-bond acceptors (Lipinski definition) is 5. The summed E-state index contributed by atoms with van der Waals surface area (Å²) in [5.41, 5.74) is 2.21. The Hall–Kier alpha value is -2.25. The molecule has 1 atom stereocenters. The highest BCUT2D eigenvalue weighted by Crippen LogP contribution is 2.19. The first kappa shape index (κ1) is 17.1. The lowest BCUT2D eigenvalue weighted by atomic mass is 10.0. The summed E-state index contributed by atoms with van der Waals surface area (Å²) in [5, 5.41) is 0. The van der Waals surface area contributed by atoms with E-state index >= 15 is 0 Å². The van der Waals surface area contributed by atoms with E-state index < -0.39 is 27.9 Å². The highest BCUT2D eigenvalue weighted by Gasteiger charge is 2.21. The van der Waals surface area contributed by atoms with Crippen LogP contribution in [0.15, 0.2) is 54.6 Å². The number of benzene rings is 2. The van der Waals surface area contributed by atoms with Crippen molar-refractivity contribution in [2.75, 3.05) is 5.75 Å². The first-order valence-corrected chi connectivity index (χ1v) is 8.38. The second-order valence-corrected chi connectivity index (χ2v) is 6.52. The molecule has 0 fully saturated rings. The number of carbonyl (C=O) groups is 1. The summed E-state index contributed by atoms with van der Waals surface area (Å²) in [5.74, 6) is -1.44. The first-order chi connectivity index (χ1) is 10.9. The van der Waals surface area contributed by atoms with Gasteiger partial charge < -0.3 is 4.74 Å². The van der Waals surface area contributed by atoms with E-state index in [0.717, 1.165) is 11.1 Å². The molecule has 23 heavy (non-hydrogen) atoms. The van der Waals surface area contributed by atoms with Crippen molar-refractivity contribution < 1.29 is 26.9 Å². The van der Waals surface area contributed by atoms with Crippen molar-refractivity contribution in [3.63, 3.8) is 0 Å². The molecule has 122 valence electrons. The maximum atomic E-state index is 11.9. The third-order valence-corrected chi connectivity index (χ3v) is 4.14. The van der Waals surface area contributed by atoms with Crippen LogP contribution in [0, 0.1) is 0 Å². The van der Waals surface area contributed by atoms with Gasteiger partial charge in [-0.15, -0.1) is 0 Å². The van der Waals surface area contributed by atoms with Gasteiger partial charge in [-0.25, -0.2) is 4.79 Å². The van der Waals surface area contributed by atoms with Gasteiger partial charge >= 0.3 is 16.1 Å². The van der Waals surface area contributed by atoms with Gasteiger partial charge in [0.25, 0.3) is 0 Å². The molecule has 0 aliphatic carbocycles. The second-order valence-electron chi connectivity index (χ2n) is 4.95. The molecule has 2 aromatic carbocycles. The van der Waals surface area contributed by atoms with Crippen LogP contribution >= 0.6 is 0 Å². The van der Waals surface area contributed by atoms with Gasteiger partial charge in [0.05, 0.1) is 5.56 Å². The topological polar surface area (TPSA) is 69.7 Å². The molecule has 5 nitrogen and oxygen atoms in total. The molecule has 2 rings (SSSR count). The van der Waals surface area contributed by atoms with Gasteiger partial charge in [-0.1, -0.05) is 46.9 Å². The maximum absolute atomic E-state index is 11.9. The third-order valence-electron chi connectivity index (χ3n) is 3.07. The summed E-state index contributed by atoms with van der Waals surface area (Å²) >= 11 is 0. The average Bonchev–Trinajstić information content (AvgIpc) is 2.55. The fraction of sp³-hybridized carbons (Fsp3) is 0.188. The van der Waals surface area contributed by atoms with Crippen LogP contribution in [-0.2, 0) is 19.2 Å². The number of esters is 1. The van der Waals surface area contributed by atoms with E-state index in [1.54, 1.807) is 24.3 Å². The molecule has 0 aliphatic heterocycles. The molecular formula is C16H15FO5S. The maximum Gasteiger partial charge on any atom is 0.338 e. The lowest BCUT2D eigenvalue weighted by Crippen LogP contribution is -2.24. The van der Waals surface area contributed by atoms with Crippen molar-refractivity contribution >= 4 is 16.1 Å². The Morgan fingerprint density at radius 3 is 2.17 bits per heavy atom. The van der Waals surface area contributed by atoms with Crippen molar-refractivity contribution in [1.29, 1.82) is 0 Å². The molecule has 0 saturated carbocycles. The molecule has 1 unspecified atom stereocenters. The minimum atomic E-state index is -4.33. The molecule has 7 heteroatoms. The van der Waals surface area contributed by atoms with Crippen molar-refractivity contribution in [3.8, 4) is 11.1 Å². The van der Waals surface area contributed by atoms with Gasteiger partial charge in [0.1, 0.15) is 11.9 Å². The Labute approximate surface area is 133 Å². The van der Waals surface area contributed by atoms with Crippen LogP contribution in [0.3, 0.4) is 0 Å². The predicted molar refractivity (Wildman–Crippen MR) is 82.7 cm³/mol.